The lowest BCUT2D eigenvalue weighted by Gasteiger charge is -2.23. The lowest BCUT2D eigenvalue weighted by atomic mass is 9.99. The number of hydroxylamine groups is 2. The standard InChI is InChI=1S/C18H26N2O5/c1-3-4-10-15(12-20(24)13-21)17(22)19-16(18(23)25-2)11-14-8-6-5-7-9-14/h5-9,13,15-16,24H,3-4,10-12H2,1-2H3,(H,19,22)/t15?,16-/m0/s1. The third kappa shape index (κ3) is 7.34. The summed E-state index contributed by atoms with van der Waals surface area (Å²) in [6.45, 7) is 1.87. The zero-order valence-corrected chi connectivity index (χ0v) is 14.7. The van der Waals surface area contributed by atoms with Gasteiger partial charge in [-0.25, -0.2) is 9.86 Å². The molecule has 0 fully saturated rings. The van der Waals surface area contributed by atoms with E-state index in [1.54, 1.807) is 0 Å². The zero-order valence-electron chi connectivity index (χ0n) is 14.7. The first kappa shape index (κ1) is 20.6. The van der Waals surface area contributed by atoms with Crippen molar-refractivity contribution < 1.29 is 24.3 Å². The number of hydrogen-bond acceptors (Lipinski definition) is 5. The Morgan fingerprint density at radius 1 is 1.32 bits per heavy atom. The molecule has 7 nitrogen and oxygen atoms in total. The van der Waals surface area contributed by atoms with Crippen LogP contribution in [-0.4, -0.2) is 48.3 Å². The lowest BCUT2D eigenvalue weighted by Crippen LogP contribution is -2.47. The van der Waals surface area contributed by atoms with Gasteiger partial charge >= 0.3 is 5.97 Å². The molecule has 0 aliphatic carbocycles. The fraction of sp³-hybridized carbons (Fsp3) is 0.500. The van der Waals surface area contributed by atoms with Gasteiger partial charge in [0.05, 0.1) is 19.6 Å². The lowest BCUT2D eigenvalue weighted by molar-refractivity contribution is -0.155. The molecule has 1 rings (SSSR count). The fourth-order valence-electron chi connectivity index (χ4n) is 2.50. The van der Waals surface area contributed by atoms with Crippen LogP contribution in [-0.2, 0) is 25.5 Å². The average molecular weight is 350 g/mol. The monoisotopic (exact) mass is 350 g/mol. The van der Waals surface area contributed by atoms with Crippen LogP contribution in [0.25, 0.3) is 0 Å². The molecule has 0 heterocycles. The largest absolute Gasteiger partial charge is 0.467 e. The number of benzene rings is 1. The van der Waals surface area contributed by atoms with Gasteiger partial charge in [0.2, 0.25) is 12.3 Å². The van der Waals surface area contributed by atoms with Crippen LogP contribution in [0, 0.1) is 5.92 Å². The minimum atomic E-state index is -0.826. The molecule has 0 bridgehead atoms. The SMILES string of the molecule is CCCCC(CN(O)C=O)C(=O)N[C@@H](Cc1ccccc1)C(=O)OC. The van der Waals surface area contributed by atoms with E-state index in [0.29, 0.717) is 17.9 Å². The first-order valence-electron chi connectivity index (χ1n) is 8.34. The van der Waals surface area contributed by atoms with Gasteiger partial charge in [0.25, 0.3) is 0 Å². The molecule has 0 saturated carbocycles. The van der Waals surface area contributed by atoms with Crippen LogP contribution in [0.3, 0.4) is 0 Å². The Hall–Kier alpha value is -2.41. The smallest absolute Gasteiger partial charge is 0.328 e. The molecule has 138 valence electrons. The number of hydrogen-bond donors (Lipinski definition) is 2. The third-order valence-corrected chi connectivity index (χ3v) is 3.89. The van der Waals surface area contributed by atoms with Crippen molar-refractivity contribution in [1.82, 2.24) is 10.4 Å². The Balaban J connectivity index is 2.81. The highest BCUT2D eigenvalue weighted by molar-refractivity contribution is 5.86. The number of carbonyl (C=O) groups is 3. The van der Waals surface area contributed by atoms with E-state index in [1.807, 2.05) is 37.3 Å². The highest BCUT2D eigenvalue weighted by Gasteiger charge is 2.27. The number of rotatable bonds is 11. The second-order valence-electron chi connectivity index (χ2n) is 5.84. The number of unbranched alkanes of at least 4 members (excludes halogenated alkanes) is 1. The Kier molecular flexibility index (Phi) is 9.24. The molecule has 2 atom stereocenters. The van der Waals surface area contributed by atoms with Gasteiger partial charge in [0.15, 0.2) is 0 Å². The van der Waals surface area contributed by atoms with E-state index in [4.69, 9.17) is 4.74 Å². The molecule has 0 saturated heterocycles. The van der Waals surface area contributed by atoms with Crippen molar-refractivity contribution in [2.24, 2.45) is 5.92 Å². The second kappa shape index (κ2) is 11.2. The maximum Gasteiger partial charge on any atom is 0.328 e. The number of nitrogens with zero attached hydrogens (tertiary/aromatic N) is 1. The van der Waals surface area contributed by atoms with E-state index in [1.165, 1.54) is 7.11 Å². The van der Waals surface area contributed by atoms with Crippen molar-refractivity contribution in [3.8, 4) is 0 Å². The summed E-state index contributed by atoms with van der Waals surface area (Å²) < 4.78 is 4.78. The van der Waals surface area contributed by atoms with Crippen LogP contribution in [0.5, 0.6) is 0 Å². The van der Waals surface area contributed by atoms with Crippen LogP contribution in [0.15, 0.2) is 30.3 Å². The van der Waals surface area contributed by atoms with Crippen molar-refractivity contribution in [3.05, 3.63) is 35.9 Å². The van der Waals surface area contributed by atoms with Gasteiger partial charge in [-0.15, -0.1) is 0 Å². The summed E-state index contributed by atoms with van der Waals surface area (Å²) >= 11 is 0. The van der Waals surface area contributed by atoms with Crippen LogP contribution in [0.2, 0.25) is 0 Å². The molecule has 0 aliphatic rings. The summed E-state index contributed by atoms with van der Waals surface area (Å²) in [6, 6.07) is 8.46. The maximum absolute atomic E-state index is 12.5. The molecule has 0 spiro atoms. The quantitative estimate of drug-likeness (QED) is 0.273. The molecule has 1 aromatic carbocycles. The first-order chi connectivity index (χ1) is 12.0. The second-order valence-corrected chi connectivity index (χ2v) is 5.84. The van der Waals surface area contributed by atoms with Crippen molar-refractivity contribution >= 4 is 18.3 Å². The van der Waals surface area contributed by atoms with E-state index in [2.05, 4.69) is 5.32 Å². The number of carbonyl (C=O) groups excluding carboxylic acids is 3. The molecule has 0 radical (unpaired) electrons. The van der Waals surface area contributed by atoms with Crippen LogP contribution < -0.4 is 5.32 Å². The summed E-state index contributed by atoms with van der Waals surface area (Å²) in [4.78, 5) is 35.2. The highest BCUT2D eigenvalue weighted by Crippen LogP contribution is 2.12. The first-order valence-corrected chi connectivity index (χ1v) is 8.34. The normalized spacial score (nSPS) is 12.8. The van der Waals surface area contributed by atoms with Gasteiger partial charge in [-0.2, -0.15) is 0 Å². The van der Waals surface area contributed by atoms with E-state index in [9.17, 15) is 19.6 Å². The van der Waals surface area contributed by atoms with Gasteiger partial charge in [-0.05, 0) is 12.0 Å². The van der Waals surface area contributed by atoms with Crippen molar-refractivity contribution in [3.63, 3.8) is 0 Å². The number of amides is 2. The number of methoxy groups -OCH3 is 1. The Labute approximate surface area is 147 Å². The zero-order chi connectivity index (χ0) is 18.7. The van der Waals surface area contributed by atoms with Crippen LogP contribution in [0.1, 0.15) is 31.7 Å². The maximum atomic E-state index is 12.5. The summed E-state index contributed by atoms with van der Waals surface area (Å²) in [7, 11) is 1.27. The summed E-state index contributed by atoms with van der Waals surface area (Å²) in [5, 5.41) is 12.5. The van der Waals surface area contributed by atoms with E-state index in [0.717, 1.165) is 18.4 Å². The molecule has 2 N–H and O–H groups in total. The average Bonchev–Trinajstić information content (AvgIpc) is 2.64. The molecule has 25 heavy (non-hydrogen) atoms. The van der Waals surface area contributed by atoms with Crippen LogP contribution in [0.4, 0.5) is 0 Å². The van der Waals surface area contributed by atoms with Crippen molar-refractivity contribution in [2.45, 2.75) is 38.6 Å². The van der Waals surface area contributed by atoms with Gasteiger partial charge in [0.1, 0.15) is 6.04 Å². The predicted octanol–water partition coefficient (Wildman–Crippen LogP) is 1.54. The molecule has 0 aliphatic heterocycles. The summed E-state index contributed by atoms with van der Waals surface area (Å²) in [5.74, 6) is -1.53. The topological polar surface area (TPSA) is 95.9 Å². The summed E-state index contributed by atoms with van der Waals surface area (Å²) in [5.41, 5.74) is 0.889. The van der Waals surface area contributed by atoms with Gasteiger partial charge in [-0.1, -0.05) is 50.1 Å². The fourth-order valence-corrected chi connectivity index (χ4v) is 2.50. The Bertz CT molecular complexity index is 550. The minimum Gasteiger partial charge on any atom is -0.467 e. The van der Waals surface area contributed by atoms with E-state index >= 15 is 0 Å². The molecule has 1 unspecified atom stereocenters. The molecular weight excluding hydrogens is 324 g/mol. The molecule has 0 aromatic heterocycles. The third-order valence-electron chi connectivity index (χ3n) is 3.89. The van der Waals surface area contributed by atoms with E-state index < -0.39 is 17.9 Å². The van der Waals surface area contributed by atoms with Crippen molar-refractivity contribution in [2.75, 3.05) is 13.7 Å². The van der Waals surface area contributed by atoms with Gasteiger partial charge < -0.3 is 10.1 Å². The van der Waals surface area contributed by atoms with Crippen LogP contribution >= 0.6 is 0 Å². The van der Waals surface area contributed by atoms with E-state index in [-0.39, 0.29) is 18.9 Å². The molecule has 2 amide bonds. The van der Waals surface area contributed by atoms with Gasteiger partial charge in [0, 0.05) is 6.42 Å². The van der Waals surface area contributed by atoms with Gasteiger partial charge in [-0.3, -0.25) is 14.8 Å². The molecule has 1 aromatic rings. The Morgan fingerprint density at radius 3 is 2.56 bits per heavy atom. The number of nitrogens with one attached hydrogen (secondary N) is 1. The highest BCUT2D eigenvalue weighted by atomic mass is 16.5. The number of esters is 1. The minimum absolute atomic E-state index is 0.117. The number of ether oxygens (including phenoxy) is 1. The van der Waals surface area contributed by atoms with Crippen molar-refractivity contribution in [1.29, 1.82) is 0 Å². The molecular formula is C18H26N2O5. The predicted molar refractivity (Wildman–Crippen MR) is 91.7 cm³/mol. The Morgan fingerprint density at radius 2 is 2.00 bits per heavy atom. The summed E-state index contributed by atoms with van der Waals surface area (Å²) in [6.07, 6.45) is 2.71. The molecule has 7 heteroatoms.